The number of Topliss-reactive ketones (excluding diaryl/α,β-unsaturated/α-hetero) is 1. The van der Waals surface area contributed by atoms with Crippen molar-refractivity contribution < 1.29 is 23.8 Å². The second kappa shape index (κ2) is 13.8. The molecule has 3 aliphatic rings. The van der Waals surface area contributed by atoms with Crippen LogP contribution >= 0.6 is 11.3 Å². The molecule has 0 unspecified atom stereocenters. The Morgan fingerprint density at radius 2 is 2.05 bits per heavy atom. The molecule has 2 aromatic rings. The highest BCUT2D eigenvalue weighted by Gasteiger charge is 2.34. The fourth-order valence-electron chi connectivity index (χ4n) is 5.76. The predicted octanol–water partition coefficient (Wildman–Crippen LogP) is 7.17. The zero-order valence-corrected chi connectivity index (χ0v) is 26.7. The lowest BCUT2D eigenvalue weighted by atomic mass is 9.83. The minimum Gasteiger partial charge on any atom is -0.493 e. The minimum absolute atomic E-state index is 0.0378. The van der Waals surface area contributed by atoms with Crippen molar-refractivity contribution in [2.24, 2.45) is 10.9 Å². The number of allylic oxidation sites excluding steroid dienone is 2. The molecule has 0 atom stereocenters. The number of thiophene rings is 1. The van der Waals surface area contributed by atoms with Gasteiger partial charge >= 0.3 is 0 Å². The van der Waals surface area contributed by atoms with Crippen LogP contribution < -0.4 is 14.2 Å². The van der Waals surface area contributed by atoms with Gasteiger partial charge in [-0.15, -0.1) is 0 Å². The number of benzene rings is 1. The number of ketones is 1. The summed E-state index contributed by atoms with van der Waals surface area (Å²) in [6.07, 6.45) is 9.47. The van der Waals surface area contributed by atoms with E-state index in [1.807, 2.05) is 50.9 Å². The predicted molar refractivity (Wildman–Crippen MR) is 173 cm³/mol. The van der Waals surface area contributed by atoms with Crippen LogP contribution in [0.4, 0.5) is 0 Å². The fourth-order valence-corrected chi connectivity index (χ4v) is 6.37. The topological polar surface area (TPSA) is 77.4 Å². The first-order valence-corrected chi connectivity index (χ1v) is 16.3. The summed E-state index contributed by atoms with van der Waals surface area (Å²) in [4.78, 5) is 33.2. The van der Waals surface area contributed by atoms with E-state index in [0.717, 1.165) is 65.5 Å². The Balaban J connectivity index is 1.44. The molecule has 1 fully saturated rings. The highest BCUT2D eigenvalue weighted by Crippen LogP contribution is 2.46. The van der Waals surface area contributed by atoms with E-state index in [4.69, 9.17) is 19.2 Å². The van der Waals surface area contributed by atoms with Crippen molar-refractivity contribution in [3.63, 3.8) is 0 Å². The molecule has 0 spiro atoms. The number of fused-ring (bicyclic) bond motifs is 2. The number of hydrogen-bond acceptors (Lipinski definition) is 7. The normalized spacial score (nSPS) is 17.6. The van der Waals surface area contributed by atoms with Gasteiger partial charge in [0.15, 0.2) is 11.5 Å². The Kier molecular flexibility index (Phi) is 9.86. The second-order valence-electron chi connectivity index (χ2n) is 11.6. The number of aliphatic imine (C=N–C) groups is 1. The van der Waals surface area contributed by atoms with Gasteiger partial charge in [-0.05, 0) is 97.2 Å². The van der Waals surface area contributed by atoms with Crippen LogP contribution in [0.3, 0.4) is 0 Å². The fraction of sp³-hybridized carbons (Fsp3) is 0.457. The van der Waals surface area contributed by atoms with Crippen LogP contribution in [0.5, 0.6) is 17.2 Å². The largest absolute Gasteiger partial charge is 0.493 e. The number of unbranched alkanes of at least 4 members (excludes halogenated alkanes) is 1. The molecule has 0 saturated heterocycles. The van der Waals surface area contributed by atoms with E-state index in [1.54, 1.807) is 18.4 Å². The van der Waals surface area contributed by atoms with Crippen LogP contribution in [0.2, 0.25) is 0 Å². The van der Waals surface area contributed by atoms with Crippen LogP contribution in [-0.4, -0.2) is 62.3 Å². The third kappa shape index (κ3) is 6.80. The first-order valence-electron chi connectivity index (χ1n) is 15.3. The van der Waals surface area contributed by atoms with E-state index in [1.165, 1.54) is 0 Å². The zero-order valence-electron chi connectivity index (χ0n) is 25.9. The van der Waals surface area contributed by atoms with Crippen molar-refractivity contribution >= 4 is 40.4 Å². The van der Waals surface area contributed by atoms with Gasteiger partial charge in [0.05, 0.1) is 19.8 Å². The van der Waals surface area contributed by atoms with E-state index >= 15 is 0 Å². The molecule has 1 saturated carbocycles. The molecule has 228 valence electrons. The molecule has 2 aliphatic heterocycles. The summed E-state index contributed by atoms with van der Waals surface area (Å²) in [6.45, 7) is 7.30. The van der Waals surface area contributed by atoms with Gasteiger partial charge in [-0.1, -0.05) is 19.4 Å². The minimum atomic E-state index is -0.0531. The van der Waals surface area contributed by atoms with Gasteiger partial charge in [0, 0.05) is 36.7 Å². The molecule has 0 N–H and O–H groups in total. The molecule has 5 rings (SSSR count). The molecular weight excluding hydrogens is 560 g/mol. The van der Waals surface area contributed by atoms with E-state index in [-0.39, 0.29) is 30.3 Å². The lowest BCUT2D eigenvalue weighted by Gasteiger charge is -2.30. The van der Waals surface area contributed by atoms with E-state index in [2.05, 4.69) is 22.9 Å². The average Bonchev–Trinajstić information content (AvgIpc) is 3.48. The van der Waals surface area contributed by atoms with E-state index in [9.17, 15) is 9.59 Å². The van der Waals surface area contributed by atoms with Gasteiger partial charge in [-0.25, -0.2) is 0 Å². The van der Waals surface area contributed by atoms with Gasteiger partial charge in [0.25, 0.3) is 0 Å². The number of ether oxygens (including phenoxy) is 3. The standard InChI is InChI=1S/C35H42N2O5S/c1-6-24(10-7-8-14-37(4)35(39)25-11-9-12-25)34(38)33-28-20-41-29-18-30(40-5)31(42-22(2)3)17-27(29)32(28)26(19-36-33)16-23-13-15-43-21-23/h10,13,15-18,21-22,25H,6-9,11-12,14,19-20H2,1-5H3/b24-10-,26-16-. The maximum absolute atomic E-state index is 14.0. The summed E-state index contributed by atoms with van der Waals surface area (Å²) >= 11 is 1.65. The third-order valence-corrected chi connectivity index (χ3v) is 8.98. The molecule has 7 nitrogen and oxygen atoms in total. The second-order valence-corrected chi connectivity index (χ2v) is 12.4. The van der Waals surface area contributed by atoms with E-state index in [0.29, 0.717) is 42.5 Å². The van der Waals surface area contributed by atoms with Crippen molar-refractivity contribution in [3.05, 3.63) is 62.9 Å². The summed E-state index contributed by atoms with van der Waals surface area (Å²) in [5.41, 5.74) is 6.01. The van der Waals surface area contributed by atoms with Gasteiger partial charge in [0.2, 0.25) is 11.7 Å². The number of methoxy groups -OCH3 is 1. The number of nitrogens with zero attached hydrogens (tertiary/aromatic N) is 2. The number of hydrogen-bond donors (Lipinski definition) is 0. The highest BCUT2D eigenvalue weighted by molar-refractivity contribution is 7.08. The van der Waals surface area contributed by atoms with Crippen molar-refractivity contribution in [2.45, 2.75) is 65.4 Å². The number of rotatable bonds is 12. The Hall–Kier alpha value is -3.65. The summed E-state index contributed by atoms with van der Waals surface area (Å²) in [5, 5.41) is 4.16. The van der Waals surface area contributed by atoms with Crippen molar-refractivity contribution in [1.29, 1.82) is 0 Å². The summed E-state index contributed by atoms with van der Waals surface area (Å²) < 4.78 is 18.0. The monoisotopic (exact) mass is 602 g/mol. The zero-order chi connectivity index (χ0) is 30.5. The Labute approximate surface area is 258 Å². The summed E-state index contributed by atoms with van der Waals surface area (Å²) in [5.74, 6) is 2.34. The quantitative estimate of drug-likeness (QED) is 0.190. The average molecular weight is 603 g/mol. The number of carbonyl (C=O) groups is 2. The van der Waals surface area contributed by atoms with Crippen molar-refractivity contribution in [1.82, 2.24) is 4.90 Å². The molecule has 1 amide bonds. The van der Waals surface area contributed by atoms with Gasteiger partial charge in [-0.2, -0.15) is 11.3 Å². The molecule has 1 aromatic heterocycles. The molecule has 3 heterocycles. The van der Waals surface area contributed by atoms with Crippen molar-refractivity contribution in [2.75, 3.05) is 33.9 Å². The molecule has 8 heteroatoms. The Morgan fingerprint density at radius 3 is 2.70 bits per heavy atom. The molecule has 43 heavy (non-hydrogen) atoms. The van der Waals surface area contributed by atoms with Crippen molar-refractivity contribution in [3.8, 4) is 17.2 Å². The summed E-state index contributed by atoms with van der Waals surface area (Å²) in [6, 6.07) is 5.92. The maximum Gasteiger partial charge on any atom is 0.225 e. The molecule has 0 radical (unpaired) electrons. The van der Waals surface area contributed by atoms with Crippen LogP contribution in [0.25, 0.3) is 11.6 Å². The Bertz CT molecular complexity index is 1480. The molecule has 1 aromatic carbocycles. The van der Waals surface area contributed by atoms with Gasteiger partial charge in [-0.3, -0.25) is 14.6 Å². The SMILES string of the molecule is CC/C(=C/CCCN(C)C(=O)C1CCC1)C(=O)C1=NC/C(=C/c2ccsc2)C2=C1COc1cc(OC)c(OC(C)C)cc12. The lowest BCUT2D eigenvalue weighted by Crippen LogP contribution is -2.36. The molecular formula is C35H42N2O5S. The number of dihydropyridines is 1. The molecule has 1 aliphatic carbocycles. The Morgan fingerprint density at radius 1 is 1.23 bits per heavy atom. The third-order valence-electron chi connectivity index (χ3n) is 8.28. The van der Waals surface area contributed by atoms with Crippen LogP contribution in [-0.2, 0) is 9.59 Å². The lowest BCUT2D eigenvalue weighted by molar-refractivity contribution is -0.136. The highest BCUT2D eigenvalue weighted by atomic mass is 32.1. The smallest absolute Gasteiger partial charge is 0.225 e. The van der Waals surface area contributed by atoms with Crippen LogP contribution in [0.15, 0.2) is 56.7 Å². The van der Waals surface area contributed by atoms with E-state index < -0.39 is 0 Å². The first kappa shape index (κ1) is 30.8. The van der Waals surface area contributed by atoms with Gasteiger partial charge < -0.3 is 19.1 Å². The van der Waals surface area contributed by atoms with Crippen LogP contribution in [0.1, 0.15) is 70.4 Å². The maximum atomic E-state index is 14.0. The number of amides is 1. The first-order chi connectivity index (χ1) is 20.8. The molecule has 0 bridgehead atoms. The number of carbonyl (C=O) groups excluding carboxylic acids is 2. The van der Waals surface area contributed by atoms with Crippen LogP contribution in [0, 0.1) is 5.92 Å². The summed E-state index contributed by atoms with van der Waals surface area (Å²) in [7, 11) is 3.51. The van der Waals surface area contributed by atoms with Gasteiger partial charge in [0.1, 0.15) is 18.1 Å².